The summed E-state index contributed by atoms with van der Waals surface area (Å²) < 4.78 is 45.7. The molecule has 1 aliphatic carbocycles. The van der Waals surface area contributed by atoms with Gasteiger partial charge in [-0.15, -0.1) is 0 Å². The fourth-order valence-electron chi connectivity index (χ4n) is 5.20. The summed E-state index contributed by atoms with van der Waals surface area (Å²) in [5, 5.41) is 10.9. The highest BCUT2D eigenvalue weighted by Crippen LogP contribution is 2.51. The molecule has 0 aromatic heterocycles. The Morgan fingerprint density at radius 3 is 2.44 bits per heavy atom. The number of likely N-dealkylation sites (N-methyl/N-ethyl adjacent to an activating group) is 1. The van der Waals surface area contributed by atoms with Crippen LogP contribution < -0.4 is 19.5 Å². The molecular formula is C26H31ClF3N3O5S. The molecule has 0 spiro atoms. The number of carboxylic acid groups (broad SMARTS) is 1. The summed E-state index contributed by atoms with van der Waals surface area (Å²) in [6.45, 7) is 1.07. The van der Waals surface area contributed by atoms with Gasteiger partial charge in [0.2, 0.25) is 0 Å². The second-order valence-corrected chi connectivity index (χ2v) is 10.9. The number of aliphatic carboxylic acids is 1. The Balaban J connectivity index is 0.000000532. The summed E-state index contributed by atoms with van der Waals surface area (Å²) in [5.74, 6) is -1.22. The Labute approximate surface area is 234 Å². The number of carbonyl (C=O) groups excluding carboxylic acids is 1. The number of hydrogen-bond donors (Lipinski definition) is 3. The summed E-state index contributed by atoms with van der Waals surface area (Å²) in [6.07, 6.45) is -0.815. The quantitative estimate of drug-likeness (QED) is 0.358. The van der Waals surface area contributed by atoms with Crippen LogP contribution in [0.15, 0.2) is 42.5 Å². The summed E-state index contributed by atoms with van der Waals surface area (Å²) in [5.41, 5.74) is 2.11. The predicted molar refractivity (Wildman–Crippen MR) is 145 cm³/mol. The topological polar surface area (TPSA) is 100 Å². The number of hydrogen-bond acceptors (Lipinski definition) is 6. The number of alkyl halides is 3. The second-order valence-electron chi connectivity index (χ2n) is 9.36. The fourth-order valence-corrected chi connectivity index (χ4v) is 6.23. The van der Waals surface area contributed by atoms with E-state index < -0.39 is 12.1 Å². The first-order valence-electron chi connectivity index (χ1n) is 12.1. The molecule has 8 nitrogen and oxygen atoms in total. The molecule has 4 rings (SSSR count). The molecule has 2 amide bonds. The van der Waals surface area contributed by atoms with E-state index in [2.05, 4.69) is 34.1 Å². The van der Waals surface area contributed by atoms with Crippen molar-refractivity contribution in [3.63, 3.8) is 0 Å². The normalized spacial score (nSPS) is 22.6. The van der Waals surface area contributed by atoms with Crippen LogP contribution in [0.3, 0.4) is 0 Å². The number of urea groups is 1. The first-order chi connectivity index (χ1) is 18.4. The Hall–Kier alpha value is -2.83. The zero-order valence-corrected chi connectivity index (χ0v) is 23.3. The molecule has 1 saturated heterocycles. The molecule has 1 saturated carbocycles. The van der Waals surface area contributed by atoms with E-state index >= 15 is 0 Å². The van der Waals surface area contributed by atoms with Crippen molar-refractivity contribution in [1.82, 2.24) is 9.62 Å². The molecule has 39 heavy (non-hydrogen) atoms. The minimum atomic E-state index is -5.08. The van der Waals surface area contributed by atoms with Crippen LogP contribution in [0.1, 0.15) is 31.2 Å². The molecule has 2 aliphatic rings. The van der Waals surface area contributed by atoms with Gasteiger partial charge in [0.25, 0.3) is 0 Å². The van der Waals surface area contributed by atoms with Crippen LogP contribution in [0.2, 0.25) is 5.02 Å². The van der Waals surface area contributed by atoms with Crippen LogP contribution in [0.25, 0.3) is 0 Å². The van der Waals surface area contributed by atoms with Gasteiger partial charge in [0.1, 0.15) is 0 Å². The van der Waals surface area contributed by atoms with Crippen molar-refractivity contribution in [3.8, 4) is 11.5 Å². The van der Waals surface area contributed by atoms with Crippen molar-refractivity contribution in [3.05, 3.63) is 53.1 Å². The number of rotatable bonds is 6. The first-order valence-corrected chi connectivity index (χ1v) is 13.4. The molecule has 214 valence electrons. The van der Waals surface area contributed by atoms with E-state index in [0.717, 1.165) is 43.7 Å². The smallest absolute Gasteiger partial charge is 0.490 e. The number of halogens is 4. The number of amides is 2. The van der Waals surface area contributed by atoms with Gasteiger partial charge in [-0.2, -0.15) is 13.2 Å². The van der Waals surface area contributed by atoms with Crippen molar-refractivity contribution in [2.45, 2.75) is 48.6 Å². The Morgan fingerprint density at radius 1 is 1.13 bits per heavy atom. The molecule has 0 radical (unpaired) electrons. The minimum absolute atomic E-state index is 0.106. The maximum Gasteiger partial charge on any atom is 0.490 e. The summed E-state index contributed by atoms with van der Waals surface area (Å²) >= 11 is 7.52. The third kappa shape index (κ3) is 7.64. The van der Waals surface area contributed by atoms with Gasteiger partial charge in [-0.05, 0) is 87.1 Å². The molecule has 13 heteroatoms. The SMILES string of the molecule is COc1ccc(C23CCC(SNC(=O)Nc4cccc(Cl)c4)CC2N(C)CC3)cc1OC.O=C(O)C(F)(F)F. The highest BCUT2D eigenvalue weighted by atomic mass is 35.5. The third-order valence-electron chi connectivity index (χ3n) is 7.08. The lowest BCUT2D eigenvalue weighted by Crippen LogP contribution is -2.47. The monoisotopic (exact) mass is 589 g/mol. The van der Waals surface area contributed by atoms with Crippen molar-refractivity contribution < 1.29 is 37.3 Å². The van der Waals surface area contributed by atoms with Crippen LogP contribution in [-0.4, -0.2) is 67.3 Å². The lowest BCUT2D eigenvalue weighted by molar-refractivity contribution is -0.192. The van der Waals surface area contributed by atoms with Crippen LogP contribution in [0, 0.1) is 0 Å². The van der Waals surface area contributed by atoms with Gasteiger partial charge < -0.3 is 24.8 Å². The molecule has 1 heterocycles. The van der Waals surface area contributed by atoms with Gasteiger partial charge in [0.15, 0.2) is 11.5 Å². The maximum absolute atomic E-state index is 12.4. The number of anilines is 1. The van der Waals surface area contributed by atoms with Crippen molar-refractivity contribution in [2.75, 3.05) is 33.1 Å². The number of nitrogens with zero attached hydrogens (tertiary/aromatic N) is 1. The largest absolute Gasteiger partial charge is 0.493 e. The standard InChI is InChI=1S/C24H30ClN3O3S.C2HF3O2/c1-28-12-11-24(16-7-8-20(30-2)21(13-16)31-3)10-9-19(15-22(24)28)32-27-23(29)26-18-6-4-5-17(25)14-18;3-2(4,5)1(6)7/h4-8,13-14,19,22H,9-12,15H2,1-3H3,(H2,26,27,29);(H,6,7). The number of fused-ring (bicyclic) bond motifs is 1. The highest BCUT2D eigenvalue weighted by Gasteiger charge is 2.50. The number of likely N-dealkylation sites (tertiary alicyclic amines) is 1. The van der Waals surface area contributed by atoms with Gasteiger partial charge >= 0.3 is 18.2 Å². The average molecular weight is 590 g/mol. The molecule has 2 fully saturated rings. The molecule has 3 unspecified atom stereocenters. The Kier molecular flexibility index (Phi) is 10.2. The zero-order valence-electron chi connectivity index (χ0n) is 21.7. The van der Waals surface area contributed by atoms with E-state index in [-0.39, 0.29) is 11.4 Å². The number of nitrogens with one attached hydrogen (secondary N) is 2. The predicted octanol–water partition coefficient (Wildman–Crippen LogP) is 5.95. The van der Waals surface area contributed by atoms with E-state index in [1.807, 2.05) is 18.2 Å². The summed E-state index contributed by atoms with van der Waals surface area (Å²) in [4.78, 5) is 23.7. The van der Waals surface area contributed by atoms with E-state index in [9.17, 15) is 18.0 Å². The van der Waals surface area contributed by atoms with Gasteiger partial charge in [0.05, 0.1) is 14.2 Å². The fraction of sp³-hybridized carbons (Fsp3) is 0.462. The lowest BCUT2D eigenvalue weighted by atomic mass is 9.66. The van der Waals surface area contributed by atoms with Crippen LogP contribution in [0.5, 0.6) is 11.5 Å². The molecule has 3 N–H and O–H groups in total. The van der Waals surface area contributed by atoms with Crippen molar-refractivity contribution in [1.29, 1.82) is 0 Å². The first kappa shape index (κ1) is 30.7. The highest BCUT2D eigenvalue weighted by molar-refractivity contribution is 7.98. The number of benzene rings is 2. The van der Waals surface area contributed by atoms with Crippen molar-refractivity contribution in [2.24, 2.45) is 0 Å². The third-order valence-corrected chi connectivity index (χ3v) is 8.38. The summed E-state index contributed by atoms with van der Waals surface area (Å²) in [6, 6.07) is 13.7. The number of methoxy groups -OCH3 is 2. The minimum Gasteiger partial charge on any atom is -0.493 e. The van der Waals surface area contributed by atoms with Gasteiger partial charge in [-0.25, -0.2) is 9.59 Å². The molecule has 2 aromatic rings. The molecule has 1 aliphatic heterocycles. The van der Waals surface area contributed by atoms with Gasteiger partial charge in [-0.3, -0.25) is 4.72 Å². The number of ether oxygens (including phenoxy) is 2. The van der Waals surface area contributed by atoms with E-state index in [0.29, 0.717) is 22.0 Å². The van der Waals surface area contributed by atoms with Crippen LogP contribution in [0.4, 0.5) is 23.7 Å². The van der Waals surface area contributed by atoms with Crippen LogP contribution in [-0.2, 0) is 10.2 Å². The van der Waals surface area contributed by atoms with E-state index in [1.54, 1.807) is 26.4 Å². The zero-order chi connectivity index (χ0) is 28.8. The van der Waals surface area contributed by atoms with Crippen LogP contribution >= 0.6 is 23.5 Å². The van der Waals surface area contributed by atoms with Gasteiger partial charge in [0, 0.05) is 27.4 Å². The second kappa shape index (κ2) is 13.0. The van der Waals surface area contributed by atoms with E-state index in [1.165, 1.54) is 17.5 Å². The Bertz CT molecular complexity index is 1170. The molecule has 2 aromatic carbocycles. The molecular weight excluding hydrogens is 559 g/mol. The number of carboxylic acids is 1. The van der Waals surface area contributed by atoms with Crippen molar-refractivity contribution >= 4 is 41.2 Å². The molecule has 3 atom stereocenters. The maximum atomic E-state index is 12.4. The van der Waals surface area contributed by atoms with E-state index in [4.69, 9.17) is 31.0 Å². The molecule has 0 bridgehead atoms. The number of carbonyl (C=O) groups is 2. The average Bonchev–Trinajstić information content (AvgIpc) is 3.23. The van der Waals surface area contributed by atoms with Gasteiger partial charge in [-0.1, -0.05) is 23.7 Å². The lowest BCUT2D eigenvalue weighted by Gasteiger charge is -2.44. The summed E-state index contributed by atoms with van der Waals surface area (Å²) in [7, 11) is 5.56. The Morgan fingerprint density at radius 2 is 1.82 bits per heavy atom.